The minimum Gasteiger partial charge on any atom is -0.480 e. The molecule has 5 N–H and O–H groups in total. The first-order valence-electron chi connectivity index (χ1n) is 4.59. The standard InChI is InChI=1S/C10H10Br2N2O3/c11-4-1-5(12)9(6(13)2-4)8(15)3-7(14)10(16)17/h1-2,7H,3,13-14H2,(H,16,17)/t7-/m0/s1. The predicted octanol–water partition coefficient (Wildman–Crippen LogP) is 1.78. The molecular formula is C10H10Br2N2O3. The van der Waals surface area contributed by atoms with Crippen molar-refractivity contribution >= 4 is 49.3 Å². The van der Waals surface area contributed by atoms with Gasteiger partial charge in [-0.1, -0.05) is 15.9 Å². The molecule has 0 aliphatic rings. The summed E-state index contributed by atoms with van der Waals surface area (Å²) in [5.41, 5.74) is 11.5. The fraction of sp³-hybridized carbons (Fsp3) is 0.200. The second kappa shape index (κ2) is 5.61. The van der Waals surface area contributed by atoms with E-state index < -0.39 is 17.8 Å². The maximum Gasteiger partial charge on any atom is 0.320 e. The van der Waals surface area contributed by atoms with Crippen molar-refractivity contribution in [1.82, 2.24) is 0 Å². The van der Waals surface area contributed by atoms with Crippen LogP contribution in [0.3, 0.4) is 0 Å². The van der Waals surface area contributed by atoms with Crippen molar-refractivity contribution in [3.63, 3.8) is 0 Å². The third-order valence-electron chi connectivity index (χ3n) is 2.09. The number of hydrogen-bond donors (Lipinski definition) is 3. The Balaban J connectivity index is 3.01. The molecule has 0 bridgehead atoms. The van der Waals surface area contributed by atoms with Crippen molar-refractivity contribution in [1.29, 1.82) is 0 Å². The molecule has 0 fully saturated rings. The maximum atomic E-state index is 11.8. The highest BCUT2D eigenvalue weighted by atomic mass is 79.9. The summed E-state index contributed by atoms with van der Waals surface area (Å²) in [5, 5.41) is 8.63. The van der Waals surface area contributed by atoms with Crippen molar-refractivity contribution in [2.45, 2.75) is 12.5 Å². The van der Waals surface area contributed by atoms with E-state index in [0.717, 1.165) is 4.47 Å². The fourth-order valence-corrected chi connectivity index (χ4v) is 2.76. The molecule has 0 saturated heterocycles. The number of hydrogen-bond acceptors (Lipinski definition) is 4. The van der Waals surface area contributed by atoms with Gasteiger partial charge in [0.15, 0.2) is 5.78 Å². The van der Waals surface area contributed by atoms with Crippen LogP contribution in [0, 0.1) is 0 Å². The normalized spacial score (nSPS) is 12.2. The molecule has 17 heavy (non-hydrogen) atoms. The molecule has 92 valence electrons. The van der Waals surface area contributed by atoms with Gasteiger partial charge in [-0.3, -0.25) is 9.59 Å². The van der Waals surface area contributed by atoms with Crippen molar-refractivity contribution in [2.24, 2.45) is 5.73 Å². The number of anilines is 1. The molecule has 0 spiro atoms. The maximum absolute atomic E-state index is 11.8. The Labute approximate surface area is 114 Å². The van der Waals surface area contributed by atoms with E-state index in [2.05, 4.69) is 31.9 Å². The zero-order chi connectivity index (χ0) is 13.2. The lowest BCUT2D eigenvalue weighted by Gasteiger charge is -2.10. The molecule has 0 aliphatic heterocycles. The smallest absolute Gasteiger partial charge is 0.320 e. The number of ketones is 1. The summed E-state index contributed by atoms with van der Waals surface area (Å²) in [4.78, 5) is 22.4. The number of nitrogen functional groups attached to an aromatic ring is 1. The summed E-state index contributed by atoms with van der Waals surface area (Å²) in [6, 6.07) is 2.01. The van der Waals surface area contributed by atoms with Gasteiger partial charge >= 0.3 is 5.97 Å². The van der Waals surface area contributed by atoms with Crippen molar-refractivity contribution in [3.05, 3.63) is 26.6 Å². The van der Waals surface area contributed by atoms with Gasteiger partial charge in [0.1, 0.15) is 6.04 Å². The predicted molar refractivity (Wildman–Crippen MR) is 70.8 cm³/mol. The molecule has 1 rings (SSSR count). The van der Waals surface area contributed by atoms with Crippen LogP contribution in [0.5, 0.6) is 0 Å². The second-order valence-corrected chi connectivity index (χ2v) is 5.19. The van der Waals surface area contributed by atoms with Crippen LogP contribution >= 0.6 is 31.9 Å². The zero-order valence-electron chi connectivity index (χ0n) is 8.61. The number of benzene rings is 1. The molecule has 5 nitrogen and oxygen atoms in total. The summed E-state index contributed by atoms with van der Waals surface area (Å²) in [7, 11) is 0. The first-order chi connectivity index (χ1) is 7.82. The van der Waals surface area contributed by atoms with Crippen LogP contribution < -0.4 is 11.5 Å². The van der Waals surface area contributed by atoms with E-state index in [0.29, 0.717) is 4.47 Å². The number of carboxylic acid groups (broad SMARTS) is 1. The molecule has 0 aromatic heterocycles. The molecular weight excluding hydrogens is 356 g/mol. The number of carbonyl (C=O) groups excluding carboxylic acids is 1. The molecule has 7 heteroatoms. The monoisotopic (exact) mass is 364 g/mol. The Morgan fingerprint density at radius 2 is 1.94 bits per heavy atom. The number of carbonyl (C=O) groups is 2. The van der Waals surface area contributed by atoms with Crippen LogP contribution in [-0.2, 0) is 4.79 Å². The van der Waals surface area contributed by atoms with Crippen LogP contribution in [0.1, 0.15) is 16.8 Å². The molecule has 0 radical (unpaired) electrons. The quantitative estimate of drug-likeness (QED) is 0.557. The Morgan fingerprint density at radius 3 is 2.41 bits per heavy atom. The van der Waals surface area contributed by atoms with Gasteiger partial charge in [-0.2, -0.15) is 0 Å². The molecule has 1 aromatic rings. The number of aliphatic carboxylic acids is 1. The fourth-order valence-electron chi connectivity index (χ4n) is 1.28. The van der Waals surface area contributed by atoms with Gasteiger partial charge in [0.25, 0.3) is 0 Å². The first kappa shape index (κ1) is 14.1. The van der Waals surface area contributed by atoms with Gasteiger partial charge in [0, 0.05) is 21.1 Å². The largest absolute Gasteiger partial charge is 0.480 e. The van der Waals surface area contributed by atoms with Crippen molar-refractivity contribution in [2.75, 3.05) is 5.73 Å². The number of halogens is 2. The van der Waals surface area contributed by atoms with E-state index in [9.17, 15) is 9.59 Å². The highest BCUT2D eigenvalue weighted by Crippen LogP contribution is 2.29. The van der Waals surface area contributed by atoms with Crippen molar-refractivity contribution < 1.29 is 14.7 Å². The van der Waals surface area contributed by atoms with E-state index in [1.54, 1.807) is 12.1 Å². The van der Waals surface area contributed by atoms with E-state index in [4.69, 9.17) is 16.6 Å². The highest BCUT2D eigenvalue weighted by molar-refractivity contribution is 9.11. The van der Waals surface area contributed by atoms with Crippen LogP contribution in [0.4, 0.5) is 5.69 Å². The van der Waals surface area contributed by atoms with E-state index in [1.807, 2.05) is 0 Å². The average Bonchev–Trinajstić information content (AvgIpc) is 2.15. The van der Waals surface area contributed by atoms with Gasteiger partial charge in [-0.25, -0.2) is 0 Å². The van der Waals surface area contributed by atoms with Gasteiger partial charge < -0.3 is 16.6 Å². The van der Waals surface area contributed by atoms with Gasteiger partial charge in [-0.05, 0) is 28.1 Å². The lowest BCUT2D eigenvalue weighted by molar-refractivity contribution is -0.138. The highest BCUT2D eigenvalue weighted by Gasteiger charge is 2.21. The summed E-state index contributed by atoms with van der Waals surface area (Å²) in [6.45, 7) is 0. The molecule has 0 amide bonds. The van der Waals surface area contributed by atoms with Crippen LogP contribution in [-0.4, -0.2) is 22.9 Å². The van der Waals surface area contributed by atoms with Crippen molar-refractivity contribution in [3.8, 4) is 0 Å². The minimum atomic E-state index is -1.22. The van der Waals surface area contributed by atoms with Crippen LogP contribution in [0.2, 0.25) is 0 Å². The minimum absolute atomic E-state index is 0.255. The van der Waals surface area contributed by atoms with Gasteiger partial charge in [0.05, 0.1) is 5.56 Å². The molecule has 0 heterocycles. The lowest BCUT2D eigenvalue weighted by atomic mass is 10.0. The number of Topliss-reactive ketones (excluding diaryl/α,β-unsaturated/α-hetero) is 1. The number of rotatable bonds is 4. The van der Waals surface area contributed by atoms with E-state index >= 15 is 0 Å². The summed E-state index contributed by atoms with van der Waals surface area (Å²) in [5.74, 6) is -1.62. The van der Waals surface area contributed by atoms with Crippen LogP contribution in [0.15, 0.2) is 21.1 Å². The second-order valence-electron chi connectivity index (χ2n) is 3.42. The Morgan fingerprint density at radius 1 is 1.35 bits per heavy atom. The van der Waals surface area contributed by atoms with E-state index in [1.165, 1.54) is 0 Å². The summed E-state index contributed by atoms with van der Waals surface area (Å²) in [6.07, 6.45) is -0.292. The Kier molecular flexibility index (Phi) is 4.67. The molecule has 0 saturated carbocycles. The zero-order valence-corrected chi connectivity index (χ0v) is 11.8. The Bertz CT molecular complexity index is 454. The average molecular weight is 366 g/mol. The molecule has 0 unspecified atom stereocenters. The topological polar surface area (TPSA) is 106 Å². The van der Waals surface area contributed by atoms with E-state index in [-0.39, 0.29) is 17.7 Å². The third kappa shape index (κ3) is 3.52. The lowest BCUT2D eigenvalue weighted by Crippen LogP contribution is -2.32. The van der Waals surface area contributed by atoms with Gasteiger partial charge in [-0.15, -0.1) is 0 Å². The Hall–Kier alpha value is -0.920. The molecule has 0 aliphatic carbocycles. The summed E-state index contributed by atoms with van der Waals surface area (Å²) >= 11 is 6.44. The number of carboxylic acids is 1. The first-order valence-corrected chi connectivity index (χ1v) is 6.17. The molecule has 1 aromatic carbocycles. The number of nitrogens with two attached hydrogens (primary N) is 2. The van der Waals surface area contributed by atoms with Gasteiger partial charge in [0.2, 0.25) is 0 Å². The summed E-state index contributed by atoms with van der Waals surface area (Å²) < 4.78 is 1.23. The molecule has 1 atom stereocenters. The van der Waals surface area contributed by atoms with Crippen LogP contribution in [0.25, 0.3) is 0 Å². The SMILES string of the molecule is Nc1cc(Br)cc(Br)c1C(=O)C[C@H](N)C(=O)O. The third-order valence-corrected chi connectivity index (χ3v) is 3.17.